The fourth-order valence-electron chi connectivity index (χ4n) is 4.28. The quantitative estimate of drug-likeness (QED) is 0.824. The Hall–Kier alpha value is -0.570. The summed E-state index contributed by atoms with van der Waals surface area (Å²) in [5, 5.41) is 0.897. The molecule has 116 valence electrons. The highest BCUT2D eigenvalue weighted by atomic mass is 35.5. The van der Waals surface area contributed by atoms with E-state index in [2.05, 4.69) is 44.0 Å². The van der Waals surface area contributed by atoms with Gasteiger partial charge in [-0.15, -0.1) is 0 Å². The van der Waals surface area contributed by atoms with Gasteiger partial charge < -0.3 is 9.64 Å². The van der Waals surface area contributed by atoms with Crippen LogP contribution in [0.5, 0.6) is 0 Å². The van der Waals surface area contributed by atoms with Crippen molar-refractivity contribution in [2.24, 2.45) is 5.92 Å². The fourth-order valence-corrected chi connectivity index (χ4v) is 4.47. The minimum absolute atomic E-state index is 0.586. The molecular weight excluding hydrogens is 282 g/mol. The zero-order valence-electron chi connectivity index (χ0n) is 13.3. The summed E-state index contributed by atoms with van der Waals surface area (Å²) in [4.78, 5) is 2.59. The lowest BCUT2D eigenvalue weighted by Crippen LogP contribution is -2.47. The van der Waals surface area contributed by atoms with Gasteiger partial charge in [0.05, 0.1) is 6.61 Å². The van der Waals surface area contributed by atoms with Crippen LogP contribution in [0.25, 0.3) is 0 Å². The Morgan fingerprint density at radius 2 is 2.14 bits per heavy atom. The summed E-state index contributed by atoms with van der Waals surface area (Å²) in [6.07, 6.45) is 3.89. The number of hydrogen-bond acceptors (Lipinski definition) is 2. The molecule has 2 bridgehead atoms. The van der Waals surface area contributed by atoms with E-state index in [1.807, 2.05) is 0 Å². The van der Waals surface area contributed by atoms with Crippen molar-refractivity contribution in [2.45, 2.75) is 51.1 Å². The molecule has 0 N–H and O–H groups in total. The Morgan fingerprint density at radius 3 is 2.86 bits per heavy atom. The standard InChI is InChI=1S/C18H26ClNO/c1-4-21-11-16-15(10-14-7-8-18(16)20(14)3)13-6-5-12(2)17(19)9-13/h5-6,9,14-16,18H,4,7-8,10-11H2,1-3H3/t14?,15-,16-,18?/m1/s1. The van der Waals surface area contributed by atoms with E-state index in [0.29, 0.717) is 17.9 Å². The Labute approximate surface area is 133 Å². The van der Waals surface area contributed by atoms with Crippen LogP contribution in [0.4, 0.5) is 0 Å². The Bertz CT molecular complexity index is 504. The van der Waals surface area contributed by atoms with E-state index in [4.69, 9.17) is 16.3 Å². The van der Waals surface area contributed by atoms with Gasteiger partial charge in [0.25, 0.3) is 0 Å². The molecule has 3 heteroatoms. The second-order valence-electron chi connectivity index (χ2n) is 6.64. The van der Waals surface area contributed by atoms with E-state index in [9.17, 15) is 0 Å². The Morgan fingerprint density at radius 1 is 1.33 bits per heavy atom. The van der Waals surface area contributed by atoms with Gasteiger partial charge in [0, 0.05) is 29.6 Å². The van der Waals surface area contributed by atoms with E-state index < -0.39 is 0 Å². The molecule has 0 aliphatic carbocycles. The zero-order chi connectivity index (χ0) is 15.0. The minimum Gasteiger partial charge on any atom is -0.381 e. The first kappa shape index (κ1) is 15.3. The normalized spacial score (nSPS) is 32.6. The molecular formula is C18H26ClNO. The van der Waals surface area contributed by atoms with Crippen molar-refractivity contribution in [3.05, 3.63) is 34.3 Å². The smallest absolute Gasteiger partial charge is 0.0514 e. The number of aryl methyl sites for hydroxylation is 1. The number of hydrogen-bond donors (Lipinski definition) is 0. The molecule has 2 unspecified atom stereocenters. The first-order valence-corrected chi connectivity index (χ1v) is 8.55. The number of benzene rings is 1. The van der Waals surface area contributed by atoms with Crippen molar-refractivity contribution in [1.82, 2.24) is 4.90 Å². The van der Waals surface area contributed by atoms with E-state index in [0.717, 1.165) is 29.8 Å². The average Bonchev–Trinajstić information content (AvgIpc) is 2.72. The van der Waals surface area contributed by atoms with Crippen LogP contribution in [0.1, 0.15) is 43.2 Å². The highest BCUT2D eigenvalue weighted by Crippen LogP contribution is 2.46. The van der Waals surface area contributed by atoms with Crippen molar-refractivity contribution in [3.8, 4) is 0 Å². The summed E-state index contributed by atoms with van der Waals surface area (Å²) in [5.41, 5.74) is 2.57. The molecule has 2 saturated heterocycles. The molecule has 1 aromatic carbocycles. The van der Waals surface area contributed by atoms with Crippen LogP contribution >= 0.6 is 11.6 Å². The third-order valence-corrected chi connectivity index (χ3v) is 5.98. The fraction of sp³-hybridized carbons (Fsp3) is 0.667. The summed E-state index contributed by atoms with van der Waals surface area (Å²) >= 11 is 6.36. The van der Waals surface area contributed by atoms with Gasteiger partial charge >= 0.3 is 0 Å². The van der Waals surface area contributed by atoms with E-state index >= 15 is 0 Å². The van der Waals surface area contributed by atoms with E-state index in [-0.39, 0.29) is 0 Å². The van der Waals surface area contributed by atoms with Crippen LogP contribution in [0.3, 0.4) is 0 Å². The monoisotopic (exact) mass is 307 g/mol. The summed E-state index contributed by atoms with van der Waals surface area (Å²) < 4.78 is 5.82. The highest BCUT2D eigenvalue weighted by molar-refractivity contribution is 6.31. The van der Waals surface area contributed by atoms with Crippen molar-refractivity contribution in [3.63, 3.8) is 0 Å². The third-order valence-electron chi connectivity index (χ3n) is 5.57. The molecule has 2 heterocycles. The van der Waals surface area contributed by atoms with Crippen LogP contribution in [0.15, 0.2) is 18.2 Å². The molecule has 4 atom stereocenters. The zero-order valence-corrected chi connectivity index (χ0v) is 14.1. The van der Waals surface area contributed by atoms with Crippen LogP contribution in [0, 0.1) is 12.8 Å². The average molecular weight is 308 g/mol. The van der Waals surface area contributed by atoms with Gasteiger partial charge in [0.2, 0.25) is 0 Å². The second kappa shape index (κ2) is 6.28. The molecule has 21 heavy (non-hydrogen) atoms. The van der Waals surface area contributed by atoms with E-state index in [1.165, 1.54) is 24.8 Å². The van der Waals surface area contributed by atoms with Gasteiger partial charge in [-0.25, -0.2) is 0 Å². The highest BCUT2D eigenvalue weighted by Gasteiger charge is 2.45. The van der Waals surface area contributed by atoms with Crippen LogP contribution < -0.4 is 0 Å². The molecule has 0 amide bonds. The molecule has 1 aromatic rings. The summed E-state index contributed by atoms with van der Waals surface area (Å²) in [5.74, 6) is 1.18. The number of ether oxygens (including phenoxy) is 1. The lowest BCUT2D eigenvalue weighted by atomic mass is 9.76. The minimum atomic E-state index is 0.586. The van der Waals surface area contributed by atoms with Crippen LogP contribution in [-0.4, -0.2) is 37.2 Å². The molecule has 2 nitrogen and oxygen atoms in total. The molecule has 3 rings (SSSR count). The predicted octanol–water partition coefficient (Wildman–Crippen LogP) is 4.25. The van der Waals surface area contributed by atoms with Crippen LogP contribution in [-0.2, 0) is 4.74 Å². The van der Waals surface area contributed by atoms with Gasteiger partial charge in [-0.1, -0.05) is 23.7 Å². The lowest BCUT2D eigenvalue weighted by Gasteiger charge is -2.43. The molecule has 0 aromatic heterocycles. The number of rotatable bonds is 4. The molecule has 2 aliphatic rings. The summed E-state index contributed by atoms with van der Waals surface area (Å²) in [7, 11) is 2.29. The van der Waals surface area contributed by atoms with Crippen molar-refractivity contribution < 1.29 is 4.74 Å². The van der Waals surface area contributed by atoms with E-state index in [1.54, 1.807) is 0 Å². The SMILES string of the molecule is CCOC[C@H]1C2CCC(C[C@@H]1c1ccc(C)c(Cl)c1)N2C. The number of piperidine rings is 1. The lowest BCUT2D eigenvalue weighted by molar-refractivity contribution is 0.0253. The topological polar surface area (TPSA) is 12.5 Å². The Balaban J connectivity index is 1.88. The van der Waals surface area contributed by atoms with Gasteiger partial charge in [0.1, 0.15) is 0 Å². The summed E-state index contributed by atoms with van der Waals surface area (Å²) in [6, 6.07) is 8.02. The largest absolute Gasteiger partial charge is 0.381 e. The van der Waals surface area contributed by atoms with Crippen molar-refractivity contribution in [1.29, 1.82) is 0 Å². The van der Waals surface area contributed by atoms with Crippen molar-refractivity contribution in [2.75, 3.05) is 20.3 Å². The van der Waals surface area contributed by atoms with Gasteiger partial charge in [-0.05, 0) is 63.3 Å². The molecule has 2 aliphatic heterocycles. The summed E-state index contributed by atoms with van der Waals surface area (Å²) in [6.45, 7) is 5.83. The first-order chi connectivity index (χ1) is 10.1. The second-order valence-corrected chi connectivity index (χ2v) is 7.05. The van der Waals surface area contributed by atoms with Crippen molar-refractivity contribution >= 4 is 11.6 Å². The molecule has 0 radical (unpaired) electrons. The molecule has 2 fully saturated rings. The maximum absolute atomic E-state index is 6.36. The Kier molecular flexibility index (Phi) is 4.58. The van der Waals surface area contributed by atoms with Gasteiger partial charge in [-0.2, -0.15) is 0 Å². The van der Waals surface area contributed by atoms with Crippen LogP contribution in [0.2, 0.25) is 5.02 Å². The number of halogens is 1. The number of nitrogens with zero attached hydrogens (tertiary/aromatic N) is 1. The van der Waals surface area contributed by atoms with Gasteiger partial charge in [0.15, 0.2) is 0 Å². The molecule has 0 spiro atoms. The third kappa shape index (κ3) is 2.86. The predicted molar refractivity (Wildman–Crippen MR) is 88.1 cm³/mol. The first-order valence-electron chi connectivity index (χ1n) is 8.17. The maximum atomic E-state index is 6.36. The maximum Gasteiger partial charge on any atom is 0.0514 e. The number of fused-ring (bicyclic) bond motifs is 2. The molecule has 0 saturated carbocycles. The van der Waals surface area contributed by atoms with Gasteiger partial charge in [-0.3, -0.25) is 0 Å².